The molecule has 4 heteroatoms. The van der Waals surface area contributed by atoms with Gasteiger partial charge in [0.15, 0.2) is 0 Å². The van der Waals surface area contributed by atoms with Crippen molar-refractivity contribution in [2.75, 3.05) is 0 Å². The molecule has 2 nitrogen and oxygen atoms in total. The summed E-state index contributed by atoms with van der Waals surface area (Å²) in [6.07, 6.45) is 1.76. The van der Waals surface area contributed by atoms with Gasteiger partial charge < -0.3 is 4.57 Å². The average Bonchev–Trinajstić information content (AvgIpc) is 2.25. The molecule has 82 valence electrons. The third-order valence-electron chi connectivity index (χ3n) is 2.22. The fourth-order valence-electron chi connectivity index (χ4n) is 1.46. The van der Waals surface area contributed by atoms with Crippen molar-refractivity contribution >= 4 is 27.5 Å². The second kappa shape index (κ2) is 4.85. The van der Waals surface area contributed by atoms with Crippen LogP contribution in [0.2, 0.25) is 5.02 Å². The number of hydrogen-bond acceptors (Lipinski definition) is 1. The van der Waals surface area contributed by atoms with E-state index >= 15 is 0 Å². The zero-order valence-electron chi connectivity index (χ0n) is 8.36. The van der Waals surface area contributed by atoms with Gasteiger partial charge in [-0.1, -0.05) is 23.7 Å². The number of pyridine rings is 1. The number of benzene rings is 1. The fraction of sp³-hybridized carbons (Fsp3) is 0.0833. The summed E-state index contributed by atoms with van der Waals surface area (Å²) in [6.45, 7) is 0.527. The Morgan fingerprint density at radius 3 is 2.81 bits per heavy atom. The van der Waals surface area contributed by atoms with E-state index in [1.165, 1.54) is 0 Å². The number of rotatable bonds is 2. The SMILES string of the molecule is O=c1c(Br)cccn1Cc1cccc(Cl)c1. The summed E-state index contributed by atoms with van der Waals surface area (Å²) in [7, 11) is 0. The van der Waals surface area contributed by atoms with Crippen LogP contribution in [0.15, 0.2) is 51.9 Å². The molecule has 1 heterocycles. The summed E-state index contributed by atoms with van der Waals surface area (Å²) >= 11 is 9.10. The summed E-state index contributed by atoms with van der Waals surface area (Å²) in [5.41, 5.74) is 0.968. The number of hydrogen-bond donors (Lipinski definition) is 0. The van der Waals surface area contributed by atoms with Gasteiger partial charge in [0.25, 0.3) is 5.56 Å². The highest BCUT2D eigenvalue weighted by molar-refractivity contribution is 9.10. The maximum atomic E-state index is 11.7. The molecule has 0 aliphatic rings. The van der Waals surface area contributed by atoms with Crippen LogP contribution in [0.4, 0.5) is 0 Å². The Labute approximate surface area is 107 Å². The predicted octanol–water partition coefficient (Wildman–Crippen LogP) is 3.31. The molecule has 16 heavy (non-hydrogen) atoms. The first-order valence-electron chi connectivity index (χ1n) is 4.76. The van der Waals surface area contributed by atoms with E-state index in [2.05, 4.69) is 15.9 Å². The normalized spacial score (nSPS) is 10.4. The first-order chi connectivity index (χ1) is 7.66. The van der Waals surface area contributed by atoms with Crippen LogP contribution in [0, 0.1) is 0 Å². The Hall–Kier alpha value is -1.06. The lowest BCUT2D eigenvalue weighted by molar-refractivity contribution is 0.755. The van der Waals surface area contributed by atoms with E-state index in [1.807, 2.05) is 30.3 Å². The van der Waals surface area contributed by atoms with Gasteiger partial charge in [0.05, 0.1) is 11.0 Å². The van der Waals surface area contributed by atoms with Crippen LogP contribution < -0.4 is 5.56 Å². The van der Waals surface area contributed by atoms with Gasteiger partial charge in [-0.3, -0.25) is 4.79 Å². The van der Waals surface area contributed by atoms with Crippen molar-refractivity contribution in [3.8, 4) is 0 Å². The first kappa shape index (κ1) is 11.4. The molecule has 0 amide bonds. The van der Waals surface area contributed by atoms with Crippen molar-refractivity contribution in [1.29, 1.82) is 0 Å². The van der Waals surface area contributed by atoms with Crippen molar-refractivity contribution in [2.45, 2.75) is 6.54 Å². The van der Waals surface area contributed by atoms with Gasteiger partial charge in [-0.05, 0) is 45.8 Å². The molecule has 0 saturated carbocycles. The maximum Gasteiger partial charge on any atom is 0.265 e. The highest BCUT2D eigenvalue weighted by Gasteiger charge is 2.01. The quantitative estimate of drug-likeness (QED) is 0.834. The first-order valence-corrected chi connectivity index (χ1v) is 5.93. The Kier molecular flexibility index (Phi) is 3.46. The van der Waals surface area contributed by atoms with Crippen LogP contribution >= 0.6 is 27.5 Å². The molecule has 0 fully saturated rings. The maximum absolute atomic E-state index is 11.7. The standard InChI is InChI=1S/C12H9BrClNO/c13-11-5-2-6-15(12(11)16)8-9-3-1-4-10(14)7-9/h1-7H,8H2. The molecule has 1 aromatic heterocycles. The molecule has 0 atom stereocenters. The van der Waals surface area contributed by atoms with Crippen molar-refractivity contribution in [2.24, 2.45) is 0 Å². The molecule has 0 aliphatic heterocycles. The minimum Gasteiger partial charge on any atom is -0.310 e. The van der Waals surface area contributed by atoms with Crippen molar-refractivity contribution < 1.29 is 0 Å². The van der Waals surface area contributed by atoms with Crippen molar-refractivity contribution in [3.05, 3.63) is 68.0 Å². The van der Waals surface area contributed by atoms with Crippen LogP contribution in [0.1, 0.15) is 5.56 Å². The highest BCUT2D eigenvalue weighted by Crippen LogP contribution is 2.11. The number of aromatic nitrogens is 1. The van der Waals surface area contributed by atoms with E-state index in [4.69, 9.17) is 11.6 Å². The lowest BCUT2D eigenvalue weighted by Crippen LogP contribution is -2.20. The Morgan fingerprint density at radius 1 is 1.25 bits per heavy atom. The molecular formula is C12H9BrClNO. The predicted molar refractivity (Wildman–Crippen MR) is 69.0 cm³/mol. The Bertz CT molecular complexity index is 565. The van der Waals surface area contributed by atoms with E-state index in [0.717, 1.165) is 5.56 Å². The largest absolute Gasteiger partial charge is 0.310 e. The molecule has 0 aliphatic carbocycles. The zero-order chi connectivity index (χ0) is 11.5. The minimum atomic E-state index is -0.0394. The fourth-order valence-corrected chi connectivity index (χ4v) is 2.06. The molecule has 0 radical (unpaired) electrons. The highest BCUT2D eigenvalue weighted by atomic mass is 79.9. The van der Waals surface area contributed by atoms with E-state index in [1.54, 1.807) is 16.8 Å². The van der Waals surface area contributed by atoms with Crippen LogP contribution in [-0.2, 0) is 6.54 Å². The summed E-state index contributed by atoms with van der Waals surface area (Å²) in [5.74, 6) is 0. The van der Waals surface area contributed by atoms with Crippen LogP contribution in [0.25, 0.3) is 0 Å². The van der Waals surface area contributed by atoms with Crippen LogP contribution in [0.3, 0.4) is 0 Å². The lowest BCUT2D eigenvalue weighted by atomic mass is 10.2. The van der Waals surface area contributed by atoms with Gasteiger partial charge in [0.1, 0.15) is 0 Å². The summed E-state index contributed by atoms with van der Waals surface area (Å²) in [5, 5.41) is 0.681. The molecule has 2 aromatic rings. The van der Waals surface area contributed by atoms with Crippen LogP contribution in [-0.4, -0.2) is 4.57 Å². The minimum absolute atomic E-state index is 0.0394. The third kappa shape index (κ3) is 2.54. The van der Waals surface area contributed by atoms with E-state index in [9.17, 15) is 4.79 Å². The number of halogens is 2. The Morgan fingerprint density at radius 2 is 2.06 bits per heavy atom. The Balaban J connectivity index is 2.34. The lowest BCUT2D eigenvalue weighted by Gasteiger charge is -2.06. The molecule has 2 rings (SSSR count). The molecule has 1 aromatic carbocycles. The molecular weight excluding hydrogens is 289 g/mol. The van der Waals surface area contributed by atoms with Gasteiger partial charge in [0, 0.05) is 11.2 Å². The molecule has 0 saturated heterocycles. The van der Waals surface area contributed by atoms with Gasteiger partial charge in [-0.15, -0.1) is 0 Å². The monoisotopic (exact) mass is 297 g/mol. The summed E-state index contributed by atoms with van der Waals surface area (Å²) in [6, 6.07) is 11.1. The van der Waals surface area contributed by atoms with Gasteiger partial charge in [-0.2, -0.15) is 0 Å². The number of nitrogens with zero attached hydrogens (tertiary/aromatic N) is 1. The zero-order valence-corrected chi connectivity index (χ0v) is 10.7. The topological polar surface area (TPSA) is 22.0 Å². The summed E-state index contributed by atoms with van der Waals surface area (Å²) in [4.78, 5) is 11.7. The van der Waals surface area contributed by atoms with Crippen molar-refractivity contribution in [1.82, 2.24) is 4.57 Å². The van der Waals surface area contributed by atoms with Gasteiger partial charge >= 0.3 is 0 Å². The molecule has 0 N–H and O–H groups in total. The van der Waals surface area contributed by atoms with Crippen molar-refractivity contribution in [3.63, 3.8) is 0 Å². The summed E-state index contributed by atoms with van der Waals surface area (Å²) < 4.78 is 2.20. The second-order valence-electron chi connectivity index (χ2n) is 3.42. The molecule has 0 bridgehead atoms. The van der Waals surface area contributed by atoms with Gasteiger partial charge in [0.2, 0.25) is 0 Å². The van der Waals surface area contributed by atoms with Gasteiger partial charge in [-0.25, -0.2) is 0 Å². The van der Waals surface area contributed by atoms with E-state index in [-0.39, 0.29) is 5.56 Å². The van der Waals surface area contributed by atoms with E-state index in [0.29, 0.717) is 16.0 Å². The average molecular weight is 299 g/mol. The second-order valence-corrected chi connectivity index (χ2v) is 4.71. The smallest absolute Gasteiger partial charge is 0.265 e. The molecule has 0 unspecified atom stereocenters. The molecule has 0 spiro atoms. The van der Waals surface area contributed by atoms with E-state index < -0.39 is 0 Å². The third-order valence-corrected chi connectivity index (χ3v) is 3.05. The van der Waals surface area contributed by atoms with Crippen LogP contribution in [0.5, 0.6) is 0 Å².